The number of hydrogen-bond donors (Lipinski definition) is 2. The summed E-state index contributed by atoms with van der Waals surface area (Å²) < 4.78 is 0. The maximum atomic E-state index is 11.8. The van der Waals surface area contributed by atoms with Crippen LogP contribution < -0.4 is 10.6 Å². The molecule has 0 radical (unpaired) electrons. The molecule has 0 spiro atoms. The fourth-order valence-corrected chi connectivity index (χ4v) is 3.92. The van der Waals surface area contributed by atoms with Crippen LogP contribution >= 0.6 is 35.3 Å². The summed E-state index contributed by atoms with van der Waals surface area (Å²) in [5.41, 5.74) is 0. The van der Waals surface area contributed by atoms with Crippen LogP contribution in [0.15, 0.2) is 22.5 Å². The number of rotatable bonds is 7. The molecule has 26 heavy (non-hydrogen) atoms. The van der Waals surface area contributed by atoms with Crippen LogP contribution in [0.25, 0.3) is 0 Å². The van der Waals surface area contributed by atoms with Crippen molar-refractivity contribution in [3.8, 4) is 0 Å². The van der Waals surface area contributed by atoms with Crippen LogP contribution in [0.1, 0.15) is 37.6 Å². The Morgan fingerprint density at radius 1 is 1.46 bits per heavy atom. The molecule has 1 aliphatic heterocycles. The molecule has 148 valence electrons. The molecule has 0 aliphatic carbocycles. The van der Waals surface area contributed by atoms with Gasteiger partial charge in [-0.15, -0.1) is 35.3 Å². The Hall–Kier alpha value is -0.870. The van der Waals surface area contributed by atoms with Gasteiger partial charge in [-0.2, -0.15) is 0 Å². The highest BCUT2D eigenvalue weighted by atomic mass is 127. The minimum Gasteiger partial charge on any atom is -0.357 e. The molecule has 2 rings (SSSR count). The zero-order chi connectivity index (χ0) is 18.2. The second-order valence-corrected chi connectivity index (χ2v) is 7.52. The van der Waals surface area contributed by atoms with Crippen molar-refractivity contribution < 1.29 is 4.79 Å². The van der Waals surface area contributed by atoms with Gasteiger partial charge in [-0.25, -0.2) is 0 Å². The molecule has 2 unspecified atom stereocenters. The molecule has 0 bridgehead atoms. The highest BCUT2D eigenvalue weighted by molar-refractivity contribution is 14.0. The average molecular weight is 493 g/mol. The summed E-state index contributed by atoms with van der Waals surface area (Å²) in [5.74, 6) is 1.07. The van der Waals surface area contributed by atoms with E-state index in [1.807, 2.05) is 11.8 Å². The van der Waals surface area contributed by atoms with Crippen molar-refractivity contribution >= 4 is 47.2 Å². The quantitative estimate of drug-likeness (QED) is 0.348. The minimum absolute atomic E-state index is 0. The predicted octanol–water partition coefficient (Wildman–Crippen LogP) is 2.53. The number of nitrogens with one attached hydrogen (secondary N) is 2. The lowest BCUT2D eigenvalue weighted by molar-refractivity contribution is -0.129. The minimum atomic E-state index is 0. The maximum absolute atomic E-state index is 11.8. The van der Waals surface area contributed by atoms with Gasteiger partial charge in [0.25, 0.3) is 0 Å². The van der Waals surface area contributed by atoms with Gasteiger partial charge in [0.05, 0.1) is 12.6 Å². The Kier molecular flexibility index (Phi) is 10.5. The summed E-state index contributed by atoms with van der Waals surface area (Å²) in [6, 6.07) is 4.79. The number of amides is 1. The van der Waals surface area contributed by atoms with Crippen molar-refractivity contribution in [2.75, 3.05) is 40.3 Å². The fourth-order valence-electron chi connectivity index (χ4n) is 3.01. The summed E-state index contributed by atoms with van der Waals surface area (Å²) in [6.07, 6.45) is 1.55. The van der Waals surface area contributed by atoms with Crippen molar-refractivity contribution in [2.24, 2.45) is 4.99 Å². The van der Waals surface area contributed by atoms with Crippen molar-refractivity contribution in [3.05, 3.63) is 22.4 Å². The van der Waals surface area contributed by atoms with Crippen LogP contribution in [0.3, 0.4) is 0 Å². The molecular weight excluding hydrogens is 461 g/mol. The van der Waals surface area contributed by atoms with Gasteiger partial charge in [-0.05, 0) is 38.9 Å². The van der Waals surface area contributed by atoms with Crippen LogP contribution in [0.4, 0.5) is 0 Å². The van der Waals surface area contributed by atoms with Crippen LogP contribution in [0.2, 0.25) is 0 Å². The number of thiophene rings is 1. The van der Waals surface area contributed by atoms with E-state index in [1.54, 1.807) is 11.3 Å². The molecule has 1 aromatic heterocycles. The topological polar surface area (TPSA) is 60.0 Å². The van der Waals surface area contributed by atoms with E-state index in [0.29, 0.717) is 13.0 Å². The third kappa shape index (κ3) is 6.70. The molecule has 1 aliphatic rings. The highest BCUT2D eigenvalue weighted by Gasteiger charge is 2.26. The molecule has 1 saturated heterocycles. The first-order chi connectivity index (χ1) is 12.0. The summed E-state index contributed by atoms with van der Waals surface area (Å²) in [5, 5.41) is 8.93. The molecule has 1 fully saturated rings. The van der Waals surface area contributed by atoms with Crippen LogP contribution in [-0.2, 0) is 4.79 Å². The van der Waals surface area contributed by atoms with Gasteiger partial charge < -0.3 is 20.4 Å². The first-order valence-corrected chi connectivity index (χ1v) is 9.95. The number of nitrogens with zero attached hydrogens (tertiary/aromatic N) is 3. The van der Waals surface area contributed by atoms with Crippen molar-refractivity contribution in [1.82, 2.24) is 20.4 Å². The Balaban J connectivity index is 0.00000338. The number of carbonyl (C=O) groups is 1. The van der Waals surface area contributed by atoms with E-state index in [1.165, 1.54) is 4.88 Å². The van der Waals surface area contributed by atoms with Crippen molar-refractivity contribution in [2.45, 2.75) is 38.8 Å². The first kappa shape index (κ1) is 23.2. The zero-order valence-electron chi connectivity index (χ0n) is 16.2. The van der Waals surface area contributed by atoms with E-state index in [0.717, 1.165) is 32.0 Å². The van der Waals surface area contributed by atoms with Gasteiger partial charge in [0.1, 0.15) is 0 Å². The van der Waals surface area contributed by atoms with Crippen molar-refractivity contribution in [1.29, 1.82) is 0 Å². The number of likely N-dealkylation sites (N-methyl/N-ethyl adjacent to an activating group) is 1. The number of guanidine groups is 1. The Labute approximate surface area is 178 Å². The van der Waals surface area contributed by atoms with E-state index in [-0.39, 0.29) is 42.0 Å². The number of aliphatic imine (C=N–C) groups is 1. The third-order valence-electron chi connectivity index (χ3n) is 4.45. The molecule has 2 N–H and O–H groups in total. The molecule has 8 heteroatoms. The Bertz CT molecular complexity index is 564. The molecule has 6 nitrogen and oxygen atoms in total. The SMILES string of the molecule is CCNC(=NCC(c1cccs1)N(C)C)NC1CCN(C(=O)CC)C1.I. The number of halogens is 1. The molecule has 1 amide bonds. The summed E-state index contributed by atoms with van der Waals surface area (Å²) >= 11 is 1.77. The summed E-state index contributed by atoms with van der Waals surface area (Å²) in [7, 11) is 4.18. The van der Waals surface area contributed by atoms with E-state index < -0.39 is 0 Å². The standard InChI is InChI=1S/C18H31N5OS.HI/c1-5-17(24)23-10-9-14(13-23)21-18(19-6-2)20-12-15(22(3)4)16-8-7-11-25-16;/h7-8,11,14-15H,5-6,9-10,12-13H2,1-4H3,(H2,19,20,21);1H. The fraction of sp³-hybridized carbons (Fsp3) is 0.667. The monoisotopic (exact) mass is 493 g/mol. The van der Waals surface area contributed by atoms with Gasteiger partial charge in [0.2, 0.25) is 5.91 Å². The molecule has 2 heterocycles. The number of likely N-dealkylation sites (tertiary alicyclic amines) is 1. The van der Waals surface area contributed by atoms with Gasteiger partial charge >= 0.3 is 0 Å². The van der Waals surface area contributed by atoms with Crippen LogP contribution in [-0.4, -0.2) is 68.0 Å². The molecular formula is C18H32IN5OS. The van der Waals surface area contributed by atoms with Crippen LogP contribution in [0.5, 0.6) is 0 Å². The number of hydrogen-bond acceptors (Lipinski definition) is 4. The molecule has 0 aromatic carbocycles. The lowest BCUT2D eigenvalue weighted by atomic mass is 10.2. The van der Waals surface area contributed by atoms with Crippen LogP contribution in [0, 0.1) is 0 Å². The first-order valence-electron chi connectivity index (χ1n) is 9.07. The van der Waals surface area contributed by atoms with E-state index in [9.17, 15) is 4.79 Å². The normalized spacial score (nSPS) is 18.6. The molecule has 2 atom stereocenters. The van der Waals surface area contributed by atoms with E-state index in [4.69, 9.17) is 4.99 Å². The second kappa shape index (κ2) is 11.8. The number of carbonyl (C=O) groups excluding carboxylic acids is 1. The molecule has 0 saturated carbocycles. The van der Waals surface area contributed by atoms with Gasteiger partial charge in [-0.1, -0.05) is 13.0 Å². The zero-order valence-corrected chi connectivity index (χ0v) is 19.3. The van der Waals surface area contributed by atoms with E-state index in [2.05, 4.69) is 54.1 Å². The maximum Gasteiger partial charge on any atom is 0.222 e. The third-order valence-corrected chi connectivity index (χ3v) is 5.42. The van der Waals surface area contributed by atoms with Gasteiger partial charge in [-0.3, -0.25) is 9.79 Å². The largest absolute Gasteiger partial charge is 0.357 e. The van der Waals surface area contributed by atoms with E-state index >= 15 is 0 Å². The predicted molar refractivity (Wildman–Crippen MR) is 121 cm³/mol. The van der Waals surface area contributed by atoms with Gasteiger partial charge in [0, 0.05) is 37.0 Å². The second-order valence-electron chi connectivity index (χ2n) is 6.54. The average Bonchev–Trinajstić information content (AvgIpc) is 3.26. The smallest absolute Gasteiger partial charge is 0.222 e. The summed E-state index contributed by atoms with van der Waals surface area (Å²) in [4.78, 5) is 22.1. The Morgan fingerprint density at radius 2 is 2.23 bits per heavy atom. The van der Waals surface area contributed by atoms with Crippen molar-refractivity contribution in [3.63, 3.8) is 0 Å². The highest BCUT2D eigenvalue weighted by Crippen LogP contribution is 2.23. The lowest BCUT2D eigenvalue weighted by Gasteiger charge is -2.23. The Morgan fingerprint density at radius 3 is 2.81 bits per heavy atom. The lowest BCUT2D eigenvalue weighted by Crippen LogP contribution is -2.45. The van der Waals surface area contributed by atoms with Gasteiger partial charge in [0.15, 0.2) is 5.96 Å². The molecule has 1 aromatic rings. The summed E-state index contributed by atoms with van der Waals surface area (Å²) in [6.45, 7) is 7.11.